The van der Waals surface area contributed by atoms with Crippen LogP contribution in [0.15, 0.2) is 30.2 Å². The minimum atomic E-state index is -0.557. The van der Waals surface area contributed by atoms with Gasteiger partial charge in [0.15, 0.2) is 5.76 Å². The zero-order valence-electron chi connectivity index (χ0n) is 21.2. The minimum absolute atomic E-state index is 0.0890. The van der Waals surface area contributed by atoms with E-state index in [9.17, 15) is 14.7 Å². The number of rotatable bonds is 3. The van der Waals surface area contributed by atoms with Gasteiger partial charge in [0.25, 0.3) is 0 Å². The van der Waals surface area contributed by atoms with E-state index in [0.29, 0.717) is 49.6 Å². The van der Waals surface area contributed by atoms with Crippen molar-refractivity contribution in [2.45, 2.75) is 39.8 Å². The number of carbonyl (C=O) groups is 2. The van der Waals surface area contributed by atoms with E-state index in [1.165, 1.54) is 6.07 Å². The van der Waals surface area contributed by atoms with Gasteiger partial charge in [-0.15, -0.1) is 0 Å². The summed E-state index contributed by atoms with van der Waals surface area (Å²) >= 11 is 6.31. The fraction of sp³-hybridized carbons (Fsp3) is 0.370. The molecule has 2 aliphatic heterocycles. The predicted molar refractivity (Wildman–Crippen MR) is 140 cm³/mol. The van der Waals surface area contributed by atoms with Crippen molar-refractivity contribution in [2.75, 3.05) is 26.2 Å². The van der Waals surface area contributed by atoms with E-state index < -0.39 is 5.60 Å². The number of ether oxygens (including phenoxy) is 2. The van der Waals surface area contributed by atoms with Gasteiger partial charge in [-0.3, -0.25) is 9.69 Å². The smallest absolute Gasteiger partial charge is 0.410 e. The molecule has 1 fully saturated rings. The quantitative estimate of drug-likeness (QED) is 0.469. The Bertz CT molecular complexity index is 1430. The van der Waals surface area contributed by atoms with Crippen LogP contribution in [0.25, 0.3) is 17.1 Å². The van der Waals surface area contributed by atoms with Crippen LogP contribution in [-0.2, 0) is 11.3 Å². The number of hydrogen-bond donors (Lipinski definition) is 2. The van der Waals surface area contributed by atoms with Crippen molar-refractivity contribution in [3.05, 3.63) is 57.6 Å². The Kier molecular flexibility index (Phi) is 6.37. The number of phenols is 1. The Morgan fingerprint density at radius 1 is 1.27 bits per heavy atom. The minimum Gasteiger partial charge on any atom is -0.506 e. The Hall–Kier alpha value is -3.56. The van der Waals surface area contributed by atoms with Crippen molar-refractivity contribution in [2.24, 2.45) is 0 Å². The molecule has 10 heteroatoms. The highest BCUT2D eigenvalue weighted by atomic mass is 35.5. The molecule has 9 nitrogen and oxygen atoms in total. The van der Waals surface area contributed by atoms with Crippen LogP contribution in [0.1, 0.15) is 48.0 Å². The van der Waals surface area contributed by atoms with E-state index in [1.54, 1.807) is 17.2 Å². The molecular weight excluding hydrogens is 496 g/mol. The van der Waals surface area contributed by atoms with E-state index in [2.05, 4.69) is 14.9 Å². The van der Waals surface area contributed by atoms with Crippen LogP contribution in [-0.4, -0.2) is 68.5 Å². The van der Waals surface area contributed by atoms with Crippen molar-refractivity contribution < 1.29 is 24.2 Å². The van der Waals surface area contributed by atoms with Crippen LogP contribution < -0.4 is 4.74 Å². The zero-order valence-corrected chi connectivity index (χ0v) is 22.0. The summed E-state index contributed by atoms with van der Waals surface area (Å²) in [5, 5.41) is 11.7. The summed E-state index contributed by atoms with van der Waals surface area (Å²) in [4.78, 5) is 36.9. The highest BCUT2D eigenvalue weighted by Gasteiger charge is 2.34. The Morgan fingerprint density at radius 3 is 2.70 bits per heavy atom. The largest absolute Gasteiger partial charge is 0.506 e. The van der Waals surface area contributed by atoms with Gasteiger partial charge in [-0.2, -0.15) is 0 Å². The topological polar surface area (TPSA) is 108 Å². The number of pyridine rings is 1. The fourth-order valence-electron chi connectivity index (χ4n) is 4.51. The number of hydrogen-bond acceptors (Lipinski definition) is 7. The number of aromatic nitrogens is 2. The number of nitrogens with one attached hydrogen (secondary N) is 1. The van der Waals surface area contributed by atoms with Crippen molar-refractivity contribution >= 4 is 40.6 Å². The number of nitrogens with zero attached hydrogens (tertiary/aromatic N) is 3. The summed E-state index contributed by atoms with van der Waals surface area (Å²) in [6, 6.07) is 5.29. The molecule has 5 rings (SSSR count). The number of H-pyrrole nitrogens is 1. The molecule has 2 aromatic heterocycles. The Labute approximate surface area is 219 Å². The average Bonchev–Trinajstić information content (AvgIpc) is 3.37. The molecule has 2 aliphatic rings. The van der Waals surface area contributed by atoms with Crippen LogP contribution in [0.3, 0.4) is 0 Å². The lowest BCUT2D eigenvalue weighted by Gasteiger charge is -2.35. The SMILES string of the molecule is Cc1ccc2c(/C=C3\Oc4c(cc(Cl)c(O)c4CN4CCN(C(=O)OC(C)(C)C)CC4)C3=O)c[nH]c2n1. The highest BCUT2D eigenvalue weighted by Crippen LogP contribution is 2.44. The molecule has 4 heterocycles. The molecule has 0 saturated carbocycles. The molecule has 0 bridgehead atoms. The number of aromatic amines is 1. The van der Waals surface area contributed by atoms with Gasteiger partial charge in [0, 0.05) is 55.6 Å². The third-order valence-corrected chi connectivity index (χ3v) is 6.67. The molecule has 0 aliphatic carbocycles. The second kappa shape index (κ2) is 9.39. The third kappa shape index (κ3) is 5.01. The van der Waals surface area contributed by atoms with Crippen LogP contribution in [0.4, 0.5) is 4.79 Å². The molecule has 2 N–H and O–H groups in total. The van der Waals surface area contributed by atoms with E-state index in [0.717, 1.165) is 22.3 Å². The molecule has 1 saturated heterocycles. The number of carbonyl (C=O) groups excluding carboxylic acids is 2. The maximum absolute atomic E-state index is 13.2. The van der Waals surface area contributed by atoms with Gasteiger partial charge >= 0.3 is 6.09 Å². The van der Waals surface area contributed by atoms with Crippen LogP contribution in [0.5, 0.6) is 11.5 Å². The van der Waals surface area contributed by atoms with E-state index in [4.69, 9.17) is 21.1 Å². The number of fused-ring (bicyclic) bond motifs is 2. The molecule has 0 atom stereocenters. The Morgan fingerprint density at radius 2 is 2.00 bits per heavy atom. The first-order valence-electron chi connectivity index (χ1n) is 12.1. The summed E-state index contributed by atoms with van der Waals surface area (Å²) < 4.78 is 11.5. The lowest BCUT2D eigenvalue weighted by molar-refractivity contribution is 0.0138. The number of aryl methyl sites for hydroxylation is 1. The molecule has 1 aromatic carbocycles. The number of aromatic hydroxyl groups is 1. The second-order valence-corrected chi connectivity index (χ2v) is 10.7. The molecule has 0 radical (unpaired) electrons. The number of allylic oxidation sites excluding steroid dienone is 1. The monoisotopic (exact) mass is 524 g/mol. The normalized spacial score (nSPS) is 17.4. The molecule has 0 spiro atoms. The fourth-order valence-corrected chi connectivity index (χ4v) is 4.74. The van der Waals surface area contributed by atoms with Gasteiger partial charge in [0.2, 0.25) is 5.78 Å². The van der Waals surface area contributed by atoms with Gasteiger partial charge in [0.1, 0.15) is 22.7 Å². The standard InChI is InChI=1S/C27H29ClN4O5/c1-15-5-6-17-16(13-29-25(17)30-15)11-21-23(34)18-12-20(28)22(33)19(24(18)36-21)14-31-7-9-32(10-8-31)26(35)37-27(2,3)4/h5-6,11-13,33H,7-10,14H2,1-4H3,(H,29,30)/b21-11-. The molecule has 37 heavy (non-hydrogen) atoms. The van der Waals surface area contributed by atoms with Gasteiger partial charge < -0.3 is 24.5 Å². The van der Waals surface area contributed by atoms with Crippen molar-refractivity contribution in [1.29, 1.82) is 0 Å². The number of halogens is 1. The first kappa shape index (κ1) is 25.1. The lowest BCUT2D eigenvalue weighted by Crippen LogP contribution is -2.49. The number of piperazine rings is 1. The summed E-state index contributed by atoms with van der Waals surface area (Å²) in [6.07, 6.45) is 3.11. The summed E-state index contributed by atoms with van der Waals surface area (Å²) in [7, 11) is 0. The van der Waals surface area contributed by atoms with Gasteiger partial charge in [0.05, 0.1) is 16.1 Å². The first-order chi connectivity index (χ1) is 17.5. The zero-order chi connectivity index (χ0) is 26.5. The lowest BCUT2D eigenvalue weighted by atomic mass is 10.0. The molecular formula is C27H29ClN4O5. The van der Waals surface area contributed by atoms with Crippen LogP contribution in [0, 0.1) is 6.92 Å². The number of amides is 1. The van der Waals surface area contributed by atoms with Gasteiger partial charge in [-0.25, -0.2) is 9.78 Å². The molecule has 3 aromatic rings. The van der Waals surface area contributed by atoms with Crippen molar-refractivity contribution in [3.8, 4) is 11.5 Å². The van der Waals surface area contributed by atoms with Crippen LogP contribution in [0.2, 0.25) is 5.02 Å². The molecule has 194 valence electrons. The van der Waals surface area contributed by atoms with E-state index >= 15 is 0 Å². The summed E-state index contributed by atoms with van der Waals surface area (Å²) in [5.74, 6) is 0.0359. The number of phenolic OH excluding ortho intramolecular Hbond substituents is 1. The average molecular weight is 525 g/mol. The number of benzene rings is 1. The maximum Gasteiger partial charge on any atom is 0.410 e. The summed E-state index contributed by atoms with van der Waals surface area (Å²) in [5.41, 5.74) is 2.58. The van der Waals surface area contributed by atoms with Gasteiger partial charge in [-0.1, -0.05) is 11.6 Å². The van der Waals surface area contributed by atoms with Crippen molar-refractivity contribution in [3.63, 3.8) is 0 Å². The maximum atomic E-state index is 13.2. The van der Waals surface area contributed by atoms with E-state index in [1.807, 2.05) is 39.8 Å². The first-order valence-corrected chi connectivity index (χ1v) is 12.5. The molecule has 0 unspecified atom stereocenters. The van der Waals surface area contributed by atoms with Gasteiger partial charge in [-0.05, 0) is 52.0 Å². The van der Waals surface area contributed by atoms with Crippen LogP contribution >= 0.6 is 11.6 Å². The Balaban J connectivity index is 1.36. The second-order valence-electron chi connectivity index (χ2n) is 10.3. The predicted octanol–water partition coefficient (Wildman–Crippen LogP) is 4.90. The third-order valence-electron chi connectivity index (χ3n) is 6.38. The highest BCUT2D eigenvalue weighted by molar-refractivity contribution is 6.33. The number of ketones is 1. The summed E-state index contributed by atoms with van der Waals surface area (Å²) in [6.45, 7) is 9.84. The molecule has 1 amide bonds. The van der Waals surface area contributed by atoms with Crippen molar-refractivity contribution in [1.82, 2.24) is 19.8 Å². The van der Waals surface area contributed by atoms with E-state index in [-0.39, 0.29) is 28.4 Å². The number of Topliss-reactive ketones (excluding diaryl/α,β-unsaturated/α-hetero) is 1.